The van der Waals surface area contributed by atoms with E-state index >= 15 is 0 Å². The van der Waals surface area contributed by atoms with Gasteiger partial charge in [0.1, 0.15) is 6.10 Å². The zero-order valence-electron chi connectivity index (χ0n) is 15.3. The van der Waals surface area contributed by atoms with Crippen molar-refractivity contribution in [2.45, 2.75) is 32.3 Å². The highest BCUT2D eigenvalue weighted by atomic mass is 16.3. The molecule has 0 saturated carbocycles. The molecule has 2 aromatic carbocycles. The normalized spacial score (nSPS) is 12.4. The Bertz CT molecular complexity index is 947. The van der Waals surface area contributed by atoms with Crippen LogP contribution in [0.5, 0.6) is 0 Å². The summed E-state index contributed by atoms with van der Waals surface area (Å²) >= 11 is 0. The molecule has 0 aliphatic heterocycles. The first-order chi connectivity index (χ1) is 12.4. The second kappa shape index (κ2) is 7.11. The third-order valence-electron chi connectivity index (χ3n) is 4.54. The number of pyridine rings is 1. The topological polar surface area (TPSA) is 56.9 Å². The summed E-state index contributed by atoms with van der Waals surface area (Å²) in [5.74, 6) is 0. The van der Waals surface area contributed by atoms with E-state index in [-0.39, 0.29) is 5.41 Å². The average Bonchev–Trinajstić information content (AvgIpc) is 2.67. The van der Waals surface area contributed by atoms with Crippen molar-refractivity contribution < 1.29 is 5.11 Å². The van der Waals surface area contributed by atoms with Crippen LogP contribution in [-0.2, 0) is 5.41 Å². The first-order valence-electron chi connectivity index (χ1n) is 8.63. The summed E-state index contributed by atoms with van der Waals surface area (Å²) in [5, 5.41) is 20.1. The van der Waals surface area contributed by atoms with Crippen molar-refractivity contribution in [3.05, 3.63) is 89.2 Å². The van der Waals surface area contributed by atoms with E-state index < -0.39 is 6.10 Å². The summed E-state index contributed by atoms with van der Waals surface area (Å²) in [6, 6.07) is 19.5. The van der Waals surface area contributed by atoms with E-state index in [1.54, 1.807) is 18.5 Å². The van der Waals surface area contributed by atoms with Crippen molar-refractivity contribution in [3.8, 4) is 17.2 Å². The number of nitrogens with zero attached hydrogens (tertiary/aromatic N) is 2. The van der Waals surface area contributed by atoms with Crippen LogP contribution in [0.15, 0.2) is 67.0 Å². The highest BCUT2D eigenvalue weighted by Crippen LogP contribution is 2.32. The molecule has 3 nitrogen and oxygen atoms in total. The second-order valence-corrected chi connectivity index (χ2v) is 7.43. The maximum atomic E-state index is 10.9. The molecular formula is C23H22N2O. The summed E-state index contributed by atoms with van der Waals surface area (Å²) in [6.07, 6.45) is 2.61. The summed E-state index contributed by atoms with van der Waals surface area (Å²) in [5.41, 5.74) is 5.21. The van der Waals surface area contributed by atoms with Gasteiger partial charge in [-0.05, 0) is 45.9 Å². The van der Waals surface area contributed by atoms with Gasteiger partial charge in [-0.15, -0.1) is 0 Å². The average molecular weight is 342 g/mol. The predicted octanol–water partition coefficient (Wildman–Crippen LogP) is 5.00. The number of hydrogen-bond acceptors (Lipinski definition) is 3. The van der Waals surface area contributed by atoms with Gasteiger partial charge >= 0.3 is 0 Å². The third kappa shape index (κ3) is 3.66. The fourth-order valence-corrected chi connectivity index (χ4v) is 2.99. The van der Waals surface area contributed by atoms with E-state index in [4.69, 9.17) is 5.26 Å². The first-order valence-corrected chi connectivity index (χ1v) is 8.63. The Hall–Kier alpha value is -2.96. The predicted molar refractivity (Wildman–Crippen MR) is 104 cm³/mol. The highest BCUT2D eigenvalue weighted by Gasteiger charge is 2.18. The van der Waals surface area contributed by atoms with Crippen LogP contribution in [0.1, 0.15) is 49.1 Å². The van der Waals surface area contributed by atoms with Crippen molar-refractivity contribution in [1.29, 1.82) is 5.26 Å². The van der Waals surface area contributed by atoms with Crippen LogP contribution in [0.4, 0.5) is 0 Å². The lowest BCUT2D eigenvalue weighted by Gasteiger charge is -2.21. The van der Waals surface area contributed by atoms with Gasteiger partial charge in [0.25, 0.3) is 0 Å². The minimum Gasteiger partial charge on any atom is -0.384 e. The minimum absolute atomic E-state index is 0.0701. The quantitative estimate of drug-likeness (QED) is 0.729. The van der Waals surface area contributed by atoms with E-state index in [1.165, 1.54) is 5.56 Å². The number of aromatic nitrogens is 1. The molecular weight excluding hydrogens is 320 g/mol. The van der Waals surface area contributed by atoms with Crippen molar-refractivity contribution >= 4 is 0 Å². The largest absolute Gasteiger partial charge is 0.384 e. The number of nitriles is 1. The zero-order chi connectivity index (χ0) is 18.7. The van der Waals surface area contributed by atoms with Crippen molar-refractivity contribution in [2.75, 3.05) is 0 Å². The molecule has 1 heterocycles. The van der Waals surface area contributed by atoms with E-state index in [2.05, 4.69) is 44.0 Å². The molecule has 1 atom stereocenters. The molecule has 0 amide bonds. The lowest BCUT2D eigenvalue weighted by atomic mass is 9.85. The Balaban J connectivity index is 2.01. The summed E-state index contributed by atoms with van der Waals surface area (Å²) in [7, 11) is 0. The van der Waals surface area contributed by atoms with Crippen LogP contribution < -0.4 is 0 Å². The van der Waals surface area contributed by atoms with Crippen molar-refractivity contribution in [2.24, 2.45) is 0 Å². The molecule has 1 aromatic heterocycles. The van der Waals surface area contributed by atoms with Gasteiger partial charge in [0.15, 0.2) is 0 Å². The summed E-state index contributed by atoms with van der Waals surface area (Å²) in [6.45, 7) is 6.50. The van der Waals surface area contributed by atoms with Gasteiger partial charge in [-0.25, -0.2) is 0 Å². The van der Waals surface area contributed by atoms with Crippen LogP contribution in [0, 0.1) is 11.3 Å². The monoisotopic (exact) mass is 342 g/mol. The molecule has 130 valence electrons. The van der Waals surface area contributed by atoms with E-state index in [0.717, 1.165) is 22.3 Å². The maximum Gasteiger partial charge on any atom is 0.106 e. The minimum atomic E-state index is -0.779. The summed E-state index contributed by atoms with van der Waals surface area (Å²) in [4.78, 5) is 4.19. The molecule has 3 heteroatoms. The van der Waals surface area contributed by atoms with Crippen LogP contribution in [0.3, 0.4) is 0 Å². The SMILES string of the molecule is CC(C)(C)c1ccc(C(O)c2cnccc2-c2cccc(C#N)c2)cc1. The third-order valence-corrected chi connectivity index (χ3v) is 4.54. The van der Waals surface area contributed by atoms with Crippen molar-refractivity contribution in [1.82, 2.24) is 4.98 Å². The molecule has 1 unspecified atom stereocenters. The smallest absolute Gasteiger partial charge is 0.106 e. The molecule has 1 N–H and O–H groups in total. The van der Waals surface area contributed by atoms with E-state index in [1.807, 2.05) is 36.4 Å². The second-order valence-electron chi connectivity index (χ2n) is 7.43. The standard InChI is InChI=1S/C23H22N2O/c1-23(2,3)19-9-7-17(8-10-19)22(26)21-15-25-12-11-20(21)18-6-4-5-16(13-18)14-24/h4-13,15,22,26H,1-3H3. The van der Waals surface area contributed by atoms with Crippen LogP contribution >= 0.6 is 0 Å². The Morgan fingerprint density at radius 2 is 1.77 bits per heavy atom. The maximum absolute atomic E-state index is 10.9. The molecule has 26 heavy (non-hydrogen) atoms. The Morgan fingerprint density at radius 1 is 1.04 bits per heavy atom. The Kier molecular flexibility index (Phi) is 4.88. The fourth-order valence-electron chi connectivity index (χ4n) is 2.99. The lowest BCUT2D eigenvalue weighted by molar-refractivity contribution is 0.220. The molecule has 0 aliphatic rings. The number of aliphatic hydroxyl groups is 1. The van der Waals surface area contributed by atoms with E-state index in [0.29, 0.717) is 5.56 Å². The Labute approximate surface area is 154 Å². The molecule has 3 rings (SSSR count). The number of benzene rings is 2. The molecule has 0 saturated heterocycles. The molecule has 0 aliphatic carbocycles. The van der Waals surface area contributed by atoms with Crippen LogP contribution in [0.25, 0.3) is 11.1 Å². The number of aliphatic hydroxyl groups excluding tert-OH is 1. The highest BCUT2D eigenvalue weighted by molar-refractivity contribution is 5.69. The van der Waals surface area contributed by atoms with Gasteiger partial charge in [0.05, 0.1) is 11.6 Å². The van der Waals surface area contributed by atoms with Gasteiger partial charge in [-0.1, -0.05) is 57.2 Å². The Morgan fingerprint density at radius 3 is 2.42 bits per heavy atom. The van der Waals surface area contributed by atoms with Gasteiger partial charge in [-0.2, -0.15) is 5.26 Å². The lowest BCUT2D eigenvalue weighted by Crippen LogP contribution is -2.11. The summed E-state index contributed by atoms with van der Waals surface area (Å²) < 4.78 is 0. The zero-order valence-corrected chi connectivity index (χ0v) is 15.3. The molecule has 3 aromatic rings. The molecule has 0 radical (unpaired) electrons. The van der Waals surface area contributed by atoms with Gasteiger partial charge < -0.3 is 5.11 Å². The van der Waals surface area contributed by atoms with Crippen LogP contribution in [0.2, 0.25) is 0 Å². The first kappa shape index (κ1) is 17.8. The number of hydrogen-bond donors (Lipinski definition) is 1. The van der Waals surface area contributed by atoms with Crippen LogP contribution in [-0.4, -0.2) is 10.1 Å². The molecule has 0 fully saturated rings. The van der Waals surface area contributed by atoms with Gasteiger partial charge in [0, 0.05) is 18.0 Å². The van der Waals surface area contributed by atoms with Crippen molar-refractivity contribution in [3.63, 3.8) is 0 Å². The fraction of sp³-hybridized carbons (Fsp3) is 0.217. The number of rotatable bonds is 3. The molecule has 0 bridgehead atoms. The van der Waals surface area contributed by atoms with Gasteiger partial charge in [0.2, 0.25) is 0 Å². The molecule has 0 spiro atoms. The van der Waals surface area contributed by atoms with Gasteiger partial charge in [-0.3, -0.25) is 4.98 Å². The van der Waals surface area contributed by atoms with E-state index in [9.17, 15) is 5.11 Å².